The van der Waals surface area contributed by atoms with E-state index in [0.29, 0.717) is 6.61 Å². The number of hydrogen-bond donors (Lipinski definition) is 1. The van der Waals surface area contributed by atoms with Crippen molar-refractivity contribution in [3.8, 4) is 5.75 Å². The zero-order valence-electron chi connectivity index (χ0n) is 11.1. The fourth-order valence-electron chi connectivity index (χ4n) is 2.20. The average molecular weight is 268 g/mol. The number of thioether (sulfide) groups is 1. The van der Waals surface area contributed by atoms with E-state index in [9.17, 15) is 5.11 Å². The van der Waals surface area contributed by atoms with Crippen LogP contribution < -0.4 is 4.74 Å². The van der Waals surface area contributed by atoms with E-state index in [4.69, 9.17) is 9.47 Å². The summed E-state index contributed by atoms with van der Waals surface area (Å²) in [4.78, 5) is 0. The van der Waals surface area contributed by atoms with Crippen molar-refractivity contribution >= 4 is 11.8 Å². The van der Waals surface area contributed by atoms with Gasteiger partial charge in [-0.3, -0.25) is 0 Å². The standard InChI is InChI=1S/C14H20O3S/c1-9-4-5-11(14(16-3)10(9)2)13(15)12-8-18-7-6-17-12/h4-5,12-13,15H,6-8H2,1-3H3. The van der Waals surface area contributed by atoms with Gasteiger partial charge in [0.2, 0.25) is 0 Å². The third-order valence-electron chi connectivity index (χ3n) is 3.42. The highest BCUT2D eigenvalue weighted by molar-refractivity contribution is 7.99. The van der Waals surface area contributed by atoms with Gasteiger partial charge < -0.3 is 14.6 Å². The molecule has 0 saturated carbocycles. The Morgan fingerprint density at radius 2 is 2.22 bits per heavy atom. The molecular formula is C14H20O3S. The van der Waals surface area contributed by atoms with Crippen LogP contribution in [0.1, 0.15) is 22.8 Å². The van der Waals surface area contributed by atoms with Crippen molar-refractivity contribution in [1.29, 1.82) is 0 Å². The van der Waals surface area contributed by atoms with Gasteiger partial charge in [-0.15, -0.1) is 0 Å². The number of hydrogen-bond acceptors (Lipinski definition) is 4. The summed E-state index contributed by atoms with van der Waals surface area (Å²) in [7, 11) is 1.65. The summed E-state index contributed by atoms with van der Waals surface area (Å²) in [5.41, 5.74) is 3.08. The molecule has 3 nitrogen and oxygen atoms in total. The van der Waals surface area contributed by atoms with Crippen LogP contribution in [-0.4, -0.2) is 36.4 Å². The molecule has 0 bridgehead atoms. The van der Waals surface area contributed by atoms with E-state index in [1.165, 1.54) is 5.56 Å². The number of aryl methyl sites for hydroxylation is 1. The number of rotatable bonds is 3. The van der Waals surface area contributed by atoms with E-state index >= 15 is 0 Å². The maximum atomic E-state index is 10.5. The van der Waals surface area contributed by atoms with E-state index in [1.807, 2.05) is 37.7 Å². The van der Waals surface area contributed by atoms with Crippen LogP contribution in [-0.2, 0) is 4.74 Å². The van der Waals surface area contributed by atoms with Crippen LogP contribution in [0.2, 0.25) is 0 Å². The summed E-state index contributed by atoms with van der Waals surface area (Å²) in [6.07, 6.45) is -0.758. The average Bonchev–Trinajstić information content (AvgIpc) is 2.42. The monoisotopic (exact) mass is 268 g/mol. The highest BCUT2D eigenvalue weighted by Crippen LogP contribution is 2.34. The number of benzene rings is 1. The normalized spacial score (nSPS) is 21.7. The molecule has 2 unspecified atom stereocenters. The molecule has 18 heavy (non-hydrogen) atoms. The van der Waals surface area contributed by atoms with Gasteiger partial charge >= 0.3 is 0 Å². The van der Waals surface area contributed by atoms with E-state index in [0.717, 1.165) is 28.4 Å². The molecule has 1 aliphatic heterocycles. The van der Waals surface area contributed by atoms with Crippen LogP contribution in [0.3, 0.4) is 0 Å². The number of ether oxygens (including phenoxy) is 2. The van der Waals surface area contributed by atoms with Crippen molar-refractivity contribution < 1.29 is 14.6 Å². The molecule has 0 aromatic heterocycles. The molecule has 100 valence electrons. The minimum atomic E-state index is -0.618. The highest BCUT2D eigenvalue weighted by Gasteiger charge is 2.27. The summed E-state index contributed by atoms with van der Waals surface area (Å²) in [5.74, 6) is 2.62. The molecule has 1 aromatic rings. The van der Waals surface area contributed by atoms with Crippen molar-refractivity contribution in [1.82, 2.24) is 0 Å². The summed E-state index contributed by atoms with van der Waals surface area (Å²) in [6.45, 7) is 4.77. The topological polar surface area (TPSA) is 38.7 Å². The molecule has 0 amide bonds. The first-order chi connectivity index (χ1) is 8.65. The number of aliphatic hydroxyl groups is 1. The number of aliphatic hydroxyl groups excluding tert-OH is 1. The van der Waals surface area contributed by atoms with Crippen molar-refractivity contribution in [2.24, 2.45) is 0 Å². The fraction of sp³-hybridized carbons (Fsp3) is 0.571. The SMILES string of the molecule is COc1c(C(O)C2CSCCO2)ccc(C)c1C. The Labute approximate surface area is 112 Å². The van der Waals surface area contributed by atoms with Crippen molar-refractivity contribution in [2.75, 3.05) is 25.2 Å². The minimum Gasteiger partial charge on any atom is -0.496 e. The van der Waals surface area contributed by atoms with Crippen LogP contribution in [0.25, 0.3) is 0 Å². The Balaban J connectivity index is 2.28. The second-order valence-electron chi connectivity index (χ2n) is 4.56. The van der Waals surface area contributed by atoms with Gasteiger partial charge in [0.05, 0.1) is 19.8 Å². The summed E-state index contributed by atoms with van der Waals surface area (Å²) < 4.78 is 11.1. The molecule has 0 spiro atoms. The molecule has 1 aromatic carbocycles. The van der Waals surface area contributed by atoms with Crippen molar-refractivity contribution in [3.63, 3.8) is 0 Å². The molecule has 1 heterocycles. The minimum absolute atomic E-state index is 0.139. The maximum Gasteiger partial charge on any atom is 0.127 e. The van der Waals surface area contributed by atoms with Gasteiger partial charge in [0, 0.05) is 17.1 Å². The Morgan fingerprint density at radius 3 is 2.83 bits per heavy atom. The fourth-order valence-corrected chi connectivity index (χ4v) is 3.10. The zero-order chi connectivity index (χ0) is 13.1. The Bertz CT molecular complexity index is 414. The lowest BCUT2D eigenvalue weighted by atomic mass is 9.98. The van der Waals surface area contributed by atoms with Gasteiger partial charge in [-0.25, -0.2) is 0 Å². The van der Waals surface area contributed by atoms with Gasteiger partial charge in [0.25, 0.3) is 0 Å². The van der Waals surface area contributed by atoms with Gasteiger partial charge in [-0.1, -0.05) is 12.1 Å². The predicted octanol–water partition coefficient (Wildman–Crippen LogP) is 2.48. The largest absolute Gasteiger partial charge is 0.496 e. The van der Waals surface area contributed by atoms with E-state index in [1.54, 1.807) is 7.11 Å². The Morgan fingerprint density at radius 1 is 1.44 bits per heavy atom. The quantitative estimate of drug-likeness (QED) is 0.914. The lowest BCUT2D eigenvalue weighted by Gasteiger charge is -2.28. The van der Waals surface area contributed by atoms with Crippen LogP contribution in [0.4, 0.5) is 0 Å². The molecule has 1 N–H and O–H groups in total. The number of methoxy groups -OCH3 is 1. The van der Waals surface area contributed by atoms with Gasteiger partial charge in [0.15, 0.2) is 0 Å². The molecule has 1 aliphatic rings. The van der Waals surface area contributed by atoms with Gasteiger partial charge in [0.1, 0.15) is 11.9 Å². The molecule has 1 saturated heterocycles. The summed E-state index contributed by atoms with van der Waals surface area (Å²) in [6, 6.07) is 3.96. The first-order valence-corrected chi connectivity index (χ1v) is 7.32. The van der Waals surface area contributed by atoms with Crippen LogP contribution in [0, 0.1) is 13.8 Å². The first-order valence-electron chi connectivity index (χ1n) is 6.16. The first kappa shape index (κ1) is 13.7. The van der Waals surface area contributed by atoms with Crippen molar-refractivity contribution in [3.05, 3.63) is 28.8 Å². The van der Waals surface area contributed by atoms with Gasteiger partial charge in [-0.2, -0.15) is 11.8 Å². The maximum absolute atomic E-state index is 10.5. The van der Waals surface area contributed by atoms with E-state index < -0.39 is 6.10 Å². The molecular weight excluding hydrogens is 248 g/mol. The highest BCUT2D eigenvalue weighted by atomic mass is 32.2. The second kappa shape index (κ2) is 5.95. The lowest BCUT2D eigenvalue weighted by molar-refractivity contribution is -0.0236. The lowest BCUT2D eigenvalue weighted by Crippen LogP contribution is -2.30. The van der Waals surface area contributed by atoms with Crippen LogP contribution in [0.5, 0.6) is 5.75 Å². The molecule has 2 rings (SSSR count). The van der Waals surface area contributed by atoms with Crippen LogP contribution in [0.15, 0.2) is 12.1 Å². The third-order valence-corrected chi connectivity index (χ3v) is 4.44. The third kappa shape index (κ3) is 2.66. The summed E-state index contributed by atoms with van der Waals surface area (Å²) >= 11 is 1.82. The smallest absolute Gasteiger partial charge is 0.127 e. The van der Waals surface area contributed by atoms with Gasteiger partial charge in [-0.05, 0) is 25.0 Å². The zero-order valence-corrected chi connectivity index (χ0v) is 11.9. The Hall–Kier alpha value is -0.710. The Kier molecular flexibility index (Phi) is 4.54. The van der Waals surface area contributed by atoms with Crippen molar-refractivity contribution in [2.45, 2.75) is 26.1 Å². The molecule has 1 fully saturated rings. The second-order valence-corrected chi connectivity index (χ2v) is 5.71. The predicted molar refractivity (Wildman–Crippen MR) is 74.5 cm³/mol. The molecule has 0 radical (unpaired) electrons. The molecule has 0 aliphatic carbocycles. The summed E-state index contributed by atoms with van der Waals surface area (Å²) in [5, 5.41) is 10.5. The van der Waals surface area contributed by atoms with E-state index in [-0.39, 0.29) is 6.10 Å². The molecule has 2 atom stereocenters. The van der Waals surface area contributed by atoms with E-state index in [2.05, 4.69) is 0 Å². The molecule has 4 heteroatoms. The van der Waals surface area contributed by atoms with Crippen LogP contribution >= 0.6 is 11.8 Å².